The highest BCUT2D eigenvalue weighted by Gasteiger charge is 2.51. The summed E-state index contributed by atoms with van der Waals surface area (Å²) in [4.78, 5) is 83.9. The molecule has 364 valence electrons. The van der Waals surface area contributed by atoms with E-state index in [1.807, 2.05) is 0 Å². The molecule has 27 nitrogen and oxygen atoms in total. The number of benzene rings is 1. The van der Waals surface area contributed by atoms with Crippen LogP contribution in [0.15, 0.2) is 41.5 Å². The maximum absolute atomic E-state index is 14.2. The third-order valence-corrected chi connectivity index (χ3v) is 10.8. The molecule has 3 fully saturated rings. The van der Waals surface area contributed by atoms with E-state index in [9.17, 15) is 68.9 Å². The van der Waals surface area contributed by atoms with Gasteiger partial charge in [-0.2, -0.15) is 0 Å². The number of hydrogen-bond acceptors (Lipinski definition) is 18. The number of hydrogen-bond donors (Lipinski definition) is 14. The van der Waals surface area contributed by atoms with Gasteiger partial charge in [-0.05, 0) is 18.4 Å². The molecule has 5 rings (SSSR count). The molecule has 5 amide bonds. The molecule has 0 bridgehead atoms. The summed E-state index contributed by atoms with van der Waals surface area (Å²) in [6.45, 7) is -2.91. The molecule has 16 N–H and O–H groups in total. The Morgan fingerprint density at radius 3 is 2.11 bits per heavy atom. The molecule has 0 radical (unpaired) electrons. The number of carboxylic acids is 1. The number of aromatic nitrogens is 3. The predicted molar refractivity (Wildman–Crippen MR) is 217 cm³/mol. The number of aliphatic hydroxyl groups is 6. The van der Waals surface area contributed by atoms with Crippen molar-refractivity contribution in [3.05, 3.63) is 47.8 Å². The number of rotatable bonds is 15. The summed E-state index contributed by atoms with van der Waals surface area (Å²) in [5.41, 5.74) is 11.3. The van der Waals surface area contributed by atoms with Crippen LogP contribution in [0.1, 0.15) is 36.7 Å². The molecule has 1 aromatic carbocycles. The number of alkyl halides is 1. The zero-order valence-corrected chi connectivity index (χ0v) is 35.0. The Kier molecular flexibility index (Phi) is 18.1. The quantitative estimate of drug-likeness (QED) is 0.0448. The minimum absolute atomic E-state index is 0.0224. The Morgan fingerprint density at radius 2 is 1.47 bits per heavy atom. The smallest absolute Gasteiger partial charge is 0.305 e. The van der Waals surface area contributed by atoms with Crippen molar-refractivity contribution in [1.29, 1.82) is 0 Å². The van der Waals surface area contributed by atoms with Gasteiger partial charge in [-0.15, -0.1) is 5.10 Å². The largest absolute Gasteiger partial charge is 0.481 e. The number of halogens is 1. The van der Waals surface area contributed by atoms with Crippen molar-refractivity contribution in [3.8, 4) is 0 Å². The number of ether oxygens (including phenoxy) is 3. The maximum Gasteiger partial charge on any atom is 0.305 e. The number of aliphatic carboxylic acids is 1. The first-order valence-corrected chi connectivity index (χ1v) is 20.6. The SMILES string of the molecule is NC(N)=NCCC[C@@H]1NC(=O)[C@H](Cc2cn([C@H]3O[C@H](CO)[C@@H](O[C@H]4O[C@H](C[18F])[C@@H](O)[C@H](O)[C@H]4O)[C@H](O)[C@H]3O)nn2)NC(=O)[C@H](Cc2ccccc2)NC(=O)[C@H](CC(=O)O)NC(=O)CNC1=O. The zero-order valence-electron chi connectivity index (χ0n) is 35.0. The summed E-state index contributed by atoms with van der Waals surface area (Å²) < 4.78 is 31.0. The summed E-state index contributed by atoms with van der Waals surface area (Å²) in [6.07, 6.45) is -18.3. The molecule has 28 heteroatoms. The van der Waals surface area contributed by atoms with Gasteiger partial charge in [-0.1, -0.05) is 35.5 Å². The van der Waals surface area contributed by atoms with Crippen molar-refractivity contribution >= 4 is 41.5 Å². The van der Waals surface area contributed by atoms with Gasteiger partial charge in [-0.25, -0.2) is 9.07 Å². The van der Waals surface area contributed by atoms with E-state index in [1.54, 1.807) is 30.3 Å². The zero-order chi connectivity index (χ0) is 48.2. The van der Waals surface area contributed by atoms with Crippen LogP contribution >= 0.6 is 0 Å². The number of guanidine groups is 1. The first-order chi connectivity index (χ1) is 31.4. The molecule has 1 aromatic heterocycles. The molecule has 3 saturated heterocycles. The summed E-state index contributed by atoms with van der Waals surface area (Å²) in [5, 5.41) is 92.8. The molecule has 3 aliphatic heterocycles. The Balaban J connectivity index is 1.43. The third kappa shape index (κ3) is 13.3. The number of nitrogens with one attached hydrogen (secondary N) is 5. The highest BCUT2D eigenvalue weighted by atomic mass is 18.2. The Morgan fingerprint density at radius 1 is 0.818 bits per heavy atom. The van der Waals surface area contributed by atoms with Gasteiger partial charge in [0.2, 0.25) is 29.5 Å². The first kappa shape index (κ1) is 51.0. The third-order valence-electron chi connectivity index (χ3n) is 10.8. The normalized spacial score (nSPS) is 32.6. The fourth-order valence-electron chi connectivity index (χ4n) is 7.28. The molecule has 0 saturated carbocycles. The van der Waals surface area contributed by atoms with Crippen LogP contribution in [0.5, 0.6) is 0 Å². The first-order valence-electron chi connectivity index (χ1n) is 20.6. The second-order valence-corrected chi connectivity index (χ2v) is 15.7. The summed E-state index contributed by atoms with van der Waals surface area (Å²) in [7, 11) is 0. The molecule has 66 heavy (non-hydrogen) atoms. The second-order valence-electron chi connectivity index (χ2n) is 15.7. The number of aliphatic imine (C=N–C) groups is 1. The van der Waals surface area contributed by atoms with Crippen LogP contribution in [-0.4, -0.2) is 198 Å². The lowest BCUT2D eigenvalue weighted by atomic mass is 9.96. The van der Waals surface area contributed by atoms with E-state index in [0.29, 0.717) is 5.56 Å². The second kappa shape index (κ2) is 23.5. The van der Waals surface area contributed by atoms with Crippen molar-refractivity contribution in [2.45, 2.75) is 118 Å². The lowest BCUT2D eigenvalue weighted by molar-refractivity contribution is -0.346. The van der Waals surface area contributed by atoms with Crippen LogP contribution in [0.25, 0.3) is 0 Å². The highest BCUT2D eigenvalue weighted by Crippen LogP contribution is 2.33. The molecular weight excluding hydrogens is 884 g/mol. The molecule has 0 spiro atoms. The van der Waals surface area contributed by atoms with Gasteiger partial charge in [0.1, 0.15) is 79.7 Å². The van der Waals surface area contributed by atoms with Crippen LogP contribution in [0, 0.1) is 0 Å². The molecular formula is C38H54FN11O16. The Labute approximate surface area is 374 Å². The van der Waals surface area contributed by atoms with Crippen molar-refractivity contribution in [3.63, 3.8) is 0 Å². The number of carboxylic acid groups (broad SMARTS) is 1. The van der Waals surface area contributed by atoms with E-state index in [2.05, 4.69) is 41.9 Å². The number of aliphatic hydroxyl groups excluding tert-OH is 6. The monoisotopic (exact) mass is 938 g/mol. The molecule has 0 aliphatic carbocycles. The fraction of sp³-hybridized carbons (Fsp3) is 0.605. The van der Waals surface area contributed by atoms with E-state index < -0.39 is 154 Å². The van der Waals surface area contributed by atoms with Gasteiger partial charge in [0.25, 0.3) is 0 Å². The van der Waals surface area contributed by atoms with Gasteiger partial charge in [0, 0.05) is 19.4 Å². The Hall–Kier alpha value is -5.98. The van der Waals surface area contributed by atoms with Gasteiger partial charge in [0.05, 0.1) is 31.5 Å². The number of nitrogens with zero attached hydrogens (tertiary/aromatic N) is 4. The van der Waals surface area contributed by atoms with Crippen LogP contribution in [-0.2, 0) is 55.8 Å². The van der Waals surface area contributed by atoms with Gasteiger partial charge in [-0.3, -0.25) is 33.8 Å². The van der Waals surface area contributed by atoms with Gasteiger partial charge < -0.3 is 88.0 Å². The molecule has 3 aliphatic rings. The van der Waals surface area contributed by atoms with Gasteiger partial charge >= 0.3 is 5.97 Å². The lowest BCUT2D eigenvalue weighted by Crippen LogP contribution is -2.63. The van der Waals surface area contributed by atoms with Crippen LogP contribution in [0.4, 0.5) is 4.39 Å². The van der Waals surface area contributed by atoms with E-state index >= 15 is 0 Å². The van der Waals surface area contributed by atoms with Crippen molar-refractivity contribution in [2.24, 2.45) is 16.5 Å². The Bertz CT molecular complexity index is 2030. The summed E-state index contributed by atoms with van der Waals surface area (Å²) >= 11 is 0. The fourth-order valence-corrected chi connectivity index (χ4v) is 7.28. The van der Waals surface area contributed by atoms with Crippen LogP contribution in [0.2, 0.25) is 0 Å². The van der Waals surface area contributed by atoms with Crippen LogP contribution in [0.3, 0.4) is 0 Å². The number of nitrogens with two attached hydrogens (primary N) is 2. The average molecular weight is 939 g/mol. The minimum Gasteiger partial charge on any atom is -0.481 e. The average Bonchev–Trinajstić information content (AvgIpc) is 3.75. The number of amides is 5. The molecule has 14 atom stereocenters. The van der Waals surface area contributed by atoms with E-state index in [-0.39, 0.29) is 37.5 Å². The topological polar surface area (TPSA) is 427 Å². The highest BCUT2D eigenvalue weighted by molar-refractivity contribution is 5.98. The van der Waals surface area contributed by atoms with Crippen molar-refractivity contribution < 1.29 is 83.1 Å². The standard InChI is InChI=1S/C38H54FN11O16/c39-12-22-26(55)27(56)30(59)37(65-22)66-31-23(15-51)64-36(29(58)28(31)57)50-14-17(48-49-50)10-20-34(62)45-18(7-4-8-42-38(40)41)32(60)43-13-24(52)44-21(11-25(53)54)35(63)46-19(33(61)47-20)9-16-5-2-1-3-6-16/h1-3,5-6,14,18-23,26-31,36-37,51,55-59H,4,7-13,15H2,(H,43,60)(H,44,52)(H,45,62)(H,46,63)(H,47,61)(H,53,54)(H4,40,41,42)/t18-,19-,20-,21-,22+,23+,26+,27-,28+,29+,30+,31+,36-,37+/m0/s1/i39-1. The lowest BCUT2D eigenvalue weighted by Gasteiger charge is -2.45. The predicted octanol–water partition coefficient (Wildman–Crippen LogP) is -7.57. The molecule has 4 heterocycles. The summed E-state index contributed by atoms with van der Waals surface area (Å²) in [5.74, 6) is -6.60. The van der Waals surface area contributed by atoms with Crippen molar-refractivity contribution in [1.82, 2.24) is 41.6 Å². The molecule has 2 aromatic rings. The van der Waals surface area contributed by atoms with E-state index in [1.165, 1.54) is 0 Å². The van der Waals surface area contributed by atoms with E-state index in [0.717, 1.165) is 10.9 Å². The number of carbonyl (C=O) groups excluding carboxylic acids is 5. The minimum atomic E-state index is -1.96. The van der Waals surface area contributed by atoms with Gasteiger partial charge in [0.15, 0.2) is 18.5 Å². The molecule has 0 unspecified atom stereocenters. The van der Waals surface area contributed by atoms with Crippen molar-refractivity contribution in [2.75, 3.05) is 26.4 Å². The van der Waals surface area contributed by atoms with E-state index in [4.69, 9.17) is 25.7 Å². The number of carbonyl (C=O) groups is 6. The van der Waals surface area contributed by atoms with Crippen LogP contribution < -0.4 is 38.1 Å². The summed E-state index contributed by atoms with van der Waals surface area (Å²) in [6, 6.07) is 2.07. The maximum atomic E-state index is 14.2.